The fourth-order valence-corrected chi connectivity index (χ4v) is 2.61. The van der Waals surface area contributed by atoms with Crippen LogP contribution in [-0.4, -0.2) is 7.05 Å². The molecule has 1 aromatic heterocycles. The molecule has 1 unspecified atom stereocenters. The summed E-state index contributed by atoms with van der Waals surface area (Å²) in [7, 11) is 1.99. The zero-order chi connectivity index (χ0) is 14.9. The van der Waals surface area contributed by atoms with E-state index in [0.29, 0.717) is 0 Å². The van der Waals surface area contributed by atoms with Gasteiger partial charge < -0.3 is 9.73 Å². The highest BCUT2D eigenvalue weighted by Crippen LogP contribution is 2.29. The van der Waals surface area contributed by atoms with Crippen LogP contribution >= 0.6 is 0 Å². The average Bonchev–Trinajstić information content (AvgIpc) is 2.69. The van der Waals surface area contributed by atoms with Gasteiger partial charge in [0.25, 0.3) is 0 Å². The number of hydrogen-bond donors (Lipinski definition) is 1. The normalized spacial score (nSPS) is 13.5. The SMILES string of the molecule is CNC(c1ccc(C(C)(C)C)cc1)c1cc(C)oc1C. The highest BCUT2D eigenvalue weighted by Gasteiger charge is 2.19. The molecule has 1 heterocycles. The molecule has 0 spiro atoms. The van der Waals surface area contributed by atoms with E-state index in [0.717, 1.165) is 11.5 Å². The van der Waals surface area contributed by atoms with Crippen molar-refractivity contribution in [3.8, 4) is 0 Å². The van der Waals surface area contributed by atoms with E-state index in [-0.39, 0.29) is 11.5 Å². The van der Waals surface area contributed by atoms with Crippen LogP contribution in [0.1, 0.15) is 55.0 Å². The lowest BCUT2D eigenvalue weighted by molar-refractivity contribution is 0.497. The molecule has 0 amide bonds. The molecule has 2 rings (SSSR count). The number of aryl methyl sites for hydroxylation is 2. The lowest BCUT2D eigenvalue weighted by Gasteiger charge is -2.21. The van der Waals surface area contributed by atoms with Crippen LogP contribution < -0.4 is 5.32 Å². The Kier molecular flexibility index (Phi) is 4.05. The van der Waals surface area contributed by atoms with Gasteiger partial charge in [0.15, 0.2) is 0 Å². The number of benzene rings is 1. The second-order valence-corrected chi connectivity index (χ2v) is 6.46. The van der Waals surface area contributed by atoms with Crippen molar-refractivity contribution in [3.05, 3.63) is 58.5 Å². The van der Waals surface area contributed by atoms with Crippen LogP contribution in [0, 0.1) is 13.8 Å². The van der Waals surface area contributed by atoms with Crippen molar-refractivity contribution in [2.75, 3.05) is 7.05 Å². The van der Waals surface area contributed by atoms with E-state index in [9.17, 15) is 0 Å². The van der Waals surface area contributed by atoms with Crippen LogP contribution in [0.2, 0.25) is 0 Å². The van der Waals surface area contributed by atoms with Gasteiger partial charge in [-0.15, -0.1) is 0 Å². The van der Waals surface area contributed by atoms with Gasteiger partial charge >= 0.3 is 0 Å². The molecule has 1 atom stereocenters. The summed E-state index contributed by atoms with van der Waals surface area (Å²) < 4.78 is 5.66. The standard InChI is InChI=1S/C18H25NO/c1-12-11-16(13(2)20-12)17(19-6)14-7-9-15(10-8-14)18(3,4)5/h7-11,17,19H,1-6H3. The smallest absolute Gasteiger partial charge is 0.106 e. The van der Waals surface area contributed by atoms with Crippen molar-refractivity contribution in [1.29, 1.82) is 0 Å². The van der Waals surface area contributed by atoms with E-state index in [1.807, 2.05) is 20.9 Å². The van der Waals surface area contributed by atoms with Crippen LogP contribution in [0.15, 0.2) is 34.7 Å². The van der Waals surface area contributed by atoms with Gasteiger partial charge in [0.05, 0.1) is 6.04 Å². The molecule has 2 heteroatoms. The molecular weight excluding hydrogens is 246 g/mol. The van der Waals surface area contributed by atoms with Gasteiger partial charge in [0.1, 0.15) is 11.5 Å². The Labute approximate surface area is 122 Å². The van der Waals surface area contributed by atoms with Gasteiger partial charge in [-0.05, 0) is 43.5 Å². The summed E-state index contributed by atoms with van der Waals surface area (Å²) in [4.78, 5) is 0. The summed E-state index contributed by atoms with van der Waals surface area (Å²) in [5.41, 5.74) is 4.03. The first kappa shape index (κ1) is 14.9. The number of nitrogens with one attached hydrogen (secondary N) is 1. The van der Waals surface area contributed by atoms with Gasteiger partial charge in [-0.1, -0.05) is 45.0 Å². The Balaban J connectivity index is 2.35. The highest BCUT2D eigenvalue weighted by molar-refractivity contribution is 5.37. The Bertz CT molecular complexity index is 572. The summed E-state index contributed by atoms with van der Waals surface area (Å²) in [6.45, 7) is 10.7. The van der Waals surface area contributed by atoms with E-state index in [1.165, 1.54) is 16.7 Å². The van der Waals surface area contributed by atoms with Crippen LogP contribution in [0.4, 0.5) is 0 Å². The second kappa shape index (κ2) is 5.45. The van der Waals surface area contributed by atoms with Crippen LogP contribution in [0.5, 0.6) is 0 Å². The van der Waals surface area contributed by atoms with Crippen molar-refractivity contribution in [3.63, 3.8) is 0 Å². The van der Waals surface area contributed by atoms with E-state index >= 15 is 0 Å². The molecule has 108 valence electrons. The third-order valence-corrected chi connectivity index (χ3v) is 3.79. The first-order valence-corrected chi connectivity index (χ1v) is 7.17. The van der Waals surface area contributed by atoms with Crippen molar-refractivity contribution in [2.24, 2.45) is 0 Å². The monoisotopic (exact) mass is 271 g/mol. The Morgan fingerprint density at radius 3 is 2.05 bits per heavy atom. The second-order valence-electron chi connectivity index (χ2n) is 6.46. The molecule has 0 saturated heterocycles. The topological polar surface area (TPSA) is 25.2 Å². The van der Waals surface area contributed by atoms with Crippen molar-refractivity contribution >= 4 is 0 Å². The van der Waals surface area contributed by atoms with Crippen molar-refractivity contribution in [1.82, 2.24) is 5.32 Å². The van der Waals surface area contributed by atoms with Crippen molar-refractivity contribution in [2.45, 2.75) is 46.1 Å². The number of hydrogen-bond acceptors (Lipinski definition) is 2. The molecule has 1 N–H and O–H groups in total. The predicted octanol–water partition coefficient (Wildman–Crippen LogP) is 4.50. The van der Waals surface area contributed by atoms with Gasteiger partial charge in [-0.2, -0.15) is 0 Å². The maximum Gasteiger partial charge on any atom is 0.106 e. The molecule has 0 fully saturated rings. The average molecular weight is 271 g/mol. The molecule has 0 aliphatic heterocycles. The molecule has 0 radical (unpaired) electrons. The predicted molar refractivity (Wildman–Crippen MR) is 84.2 cm³/mol. The summed E-state index contributed by atoms with van der Waals surface area (Å²) >= 11 is 0. The fourth-order valence-electron chi connectivity index (χ4n) is 2.61. The van der Waals surface area contributed by atoms with E-state index in [4.69, 9.17) is 4.42 Å². The minimum atomic E-state index is 0.182. The minimum Gasteiger partial charge on any atom is -0.466 e. The number of rotatable bonds is 3. The van der Waals surface area contributed by atoms with Gasteiger partial charge in [-0.3, -0.25) is 0 Å². The van der Waals surface area contributed by atoms with Gasteiger partial charge in [-0.25, -0.2) is 0 Å². The summed E-state index contributed by atoms with van der Waals surface area (Å²) in [6, 6.07) is 11.2. The largest absolute Gasteiger partial charge is 0.466 e. The van der Waals surface area contributed by atoms with E-state index in [2.05, 4.69) is 56.4 Å². The molecule has 1 aromatic carbocycles. The zero-order valence-electron chi connectivity index (χ0n) is 13.4. The molecule has 2 nitrogen and oxygen atoms in total. The molecule has 2 aromatic rings. The van der Waals surface area contributed by atoms with Crippen molar-refractivity contribution < 1.29 is 4.42 Å². The Hall–Kier alpha value is -1.54. The minimum absolute atomic E-state index is 0.182. The highest BCUT2D eigenvalue weighted by atomic mass is 16.3. The first-order valence-electron chi connectivity index (χ1n) is 7.17. The first-order chi connectivity index (χ1) is 9.32. The number of furan rings is 1. The maximum absolute atomic E-state index is 5.66. The van der Waals surface area contributed by atoms with Crippen LogP contribution in [0.3, 0.4) is 0 Å². The third kappa shape index (κ3) is 2.96. The third-order valence-electron chi connectivity index (χ3n) is 3.79. The molecule has 0 aliphatic carbocycles. The molecule has 0 bridgehead atoms. The lowest BCUT2D eigenvalue weighted by atomic mass is 9.86. The molecule has 0 aliphatic rings. The van der Waals surface area contributed by atoms with Crippen LogP contribution in [0.25, 0.3) is 0 Å². The summed E-state index contributed by atoms with van der Waals surface area (Å²) in [5.74, 6) is 1.95. The van der Waals surface area contributed by atoms with Crippen LogP contribution in [-0.2, 0) is 5.41 Å². The Morgan fingerprint density at radius 1 is 1.05 bits per heavy atom. The molecule has 0 saturated carbocycles. The van der Waals surface area contributed by atoms with Gasteiger partial charge in [0.2, 0.25) is 0 Å². The Morgan fingerprint density at radius 2 is 1.65 bits per heavy atom. The molecular formula is C18H25NO. The zero-order valence-corrected chi connectivity index (χ0v) is 13.4. The summed E-state index contributed by atoms with van der Waals surface area (Å²) in [5, 5.41) is 3.39. The van der Waals surface area contributed by atoms with Gasteiger partial charge in [0, 0.05) is 5.56 Å². The van der Waals surface area contributed by atoms with E-state index in [1.54, 1.807) is 0 Å². The maximum atomic E-state index is 5.66. The van der Waals surface area contributed by atoms with E-state index < -0.39 is 0 Å². The summed E-state index contributed by atoms with van der Waals surface area (Å²) in [6.07, 6.45) is 0. The molecule has 20 heavy (non-hydrogen) atoms. The lowest BCUT2D eigenvalue weighted by Crippen LogP contribution is -2.18. The fraction of sp³-hybridized carbons (Fsp3) is 0.444. The quantitative estimate of drug-likeness (QED) is 0.889.